The van der Waals surface area contributed by atoms with E-state index in [1.54, 1.807) is 13.2 Å². The van der Waals surface area contributed by atoms with Crippen LogP contribution in [-0.4, -0.2) is 19.1 Å². The summed E-state index contributed by atoms with van der Waals surface area (Å²) < 4.78 is 2.38. The molecule has 0 amide bonds. The number of nitrogens with zero attached hydrogens (tertiary/aromatic N) is 4. The summed E-state index contributed by atoms with van der Waals surface area (Å²) >= 11 is 0. The lowest BCUT2D eigenvalue weighted by Crippen LogP contribution is -2.37. The molecule has 90 valence electrons. The SMILES string of the molecule is CCCc1cnc2c(n1)c(=O)n(C)c(=O)n2C. The molecule has 0 aromatic carbocycles. The van der Waals surface area contributed by atoms with E-state index in [4.69, 9.17) is 0 Å². The molecule has 0 radical (unpaired) electrons. The molecule has 0 saturated carbocycles. The Bertz CT molecular complexity index is 684. The van der Waals surface area contributed by atoms with Crippen molar-refractivity contribution >= 4 is 11.2 Å². The van der Waals surface area contributed by atoms with Crippen LogP contribution in [0.4, 0.5) is 0 Å². The number of aryl methyl sites for hydroxylation is 2. The predicted octanol–water partition coefficient (Wildman–Crippen LogP) is -0.0203. The average molecular weight is 234 g/mol. The minimum absolute atomic E-state index is 0.251. The highest BCUT2D eigenvalue weighted by molar-refractivity contribution is 5.68. The van der Waals surface area contributed by atoms with Crippen LogP contribution in [0.25, 0.3) is 11.2 Å². The zero-order chi connectivity index (χ0) is 12.6. The minimum atomic E-state index is -0.395. The first-order valence-corrected chi connectivity index (χ1v) is 5.48. The van der Waals surface area contributed by atoms with Crippen molar-refractivity contribution in [2.24, 2.45) is 14.1 Å². The van der Waals surface area contributed by atoms with Gasteiger partial charge in [0.1, 0.15) is 0 Å². The van der Waals surface area contributed by atoms with Gasteiger partial charge >= 0.3 is 5.69 Å². The monoisotopic (exact) mass is 234 g/mol. The summed E-state index contributed by atoms with van der Waals surface area (Å²) in [6, 6.07) is 0. The second-order valence-electron chi connectivity index (χ2n) is 3.99. The fourth-order valence-electron chi connectivity index (χ4n) is 1.75. The molecule has 2 aromatic heterocycles. The maximum Gasteiger partial charge on any atom is 0.332 e. The molecule has 0 aliphatic rings. The van der Waals surface area contributed by atoms with Crippen molar-refractivity contribution in [2.45, 2.75) is 19.8 Å². The van der Waals surface area contributed by atoms with Crippen LogP contribution in [-0.2, 0) is 20.5 Å². The first-order chi connectivity index (χ1) is 8.06. The molecule has 17 heavy (non-hydrogen) atoms. The molecule has 0 aliphatic heterocycles. The van der Waals surface area contributed by atoms with E-state index in [9.17, 15) is 9.59 Å². The highest BCUT2D eigenvalue weighted by Gasteiger charge is 2.11. The van der Waals surface area contributed by atoms with Gasteiger partial charge in [0.25, 0.3) is 5.56 Å². The van der Waals surface area contributed by atoms with Crippen molar-refractivity contribution in [3.8, 4) is 0 Å². The van der Waals surface area contributed by atoms with Gasteiger partial charge in [0, 0.05) is 14.1 Å². The van der Waals surface area contributed by atoms with Gasteiger partial charge in [0.05, 0.1) is 11.9 Å². The Morgan fingerprint density at radius 1 is 1.24 bits per heavy atom. The van der Waals surface area contributed by atoms with Crippen LogP contribution in [0.2, 0.25) is 0 Å². The van der Waals surface area contributed by atoms with Gasteiger partial charge in [-0.3, -0.25) is 13.9 Å². The number of rotatable bonds is 2. The molecule has 0 unspecified atom stereocenters. The second kappa shape index (κ2) is 4.12. The Morgan fingerprint density at radius 3 is 2.59 bits per heavy atom. The maximum absolute atomic E-state index is 11.9. The molecule has 2 aromatic rings. The third kappa shape index (κ3) is 1.75. The van der Waals surface area contributed by atoms with Gasteiger partial charge < -0.3 is 0 Å². The van der Waals surface area contributed by atoms with Crippen LogP contribution in [0.1, 0.15) is 19.0 Å². The van der Waals surface area contributed by atoms with Crippen molar-refractivity contribution in [2.75, 3.05) is 0 Å². The Hall–Kier alpha value is -1.98. The number of hydrogen-bond donors (Lipinski definition) is 0. The lowest BCUT2D eigenvalue weighted by molar-refractivity contribution is 0.702. The normalized spacial score (nSPS) is 11.0. The van der Waals surface area contributed by atoms with Gasteiger partial charge in [-0.05, 0) is 6.42 Å². The Labute approximate surface area is 97.6 Å². The molecule has 0 N–H and O–H groups in total. The fraction of sp³-hybridized carbons (Fsp3) is 0.455. The highest BCUT2D eigenvalue weighted by Crippen LogP contribution is 2.03. The lowest BCUT2D eigenvalue weighted by atomic mass is 10.2. The van der Waals surface area contributed by atoms with Gasteiger partial charge in [-0.15, -0.1) is 0 Å². The van der Waals surface area contributed by atoms with E-state index in [0.717, 1.165) is 23.1 Å². The first-order valence-electron chi connectivity index (χ1n) is 5.48. The highest BCUT2D eigenvalue weighted by atomic mass is 16.2. The van der Waals surface area contributed by atoms with E-state index < -0.39 is 5.56 Å². The molecule has 6 heteroatoms. The maximum atomic E-state index is 11.9. The van der Waals surface area contributed by atoms with Crippen LogP contribution in [0.3, 0.4) is 0 Å². The summed E-state index contributed by atoms with van der Waals surface area (Å²) in [6.07, 6.45) is 3.33. The van der Waals surface area contributed by atoms with Gasteiger partial charge in [-0.1, -0.05) is 13.3 Å². The van der Waals surface area contributed by atoms with Crippen molar-refractivity contribution < 1.29 is 0 Å². The molecule has 0 fully saturated rings. The Morgan fingerprint density at radius 2 is 1.94 bits per heavy atom. The van der Waals surface area contributed by atoms with Crippen molar-refractivity contribution in [3.63, 3.8) is 0 Å². The van der Waals surface area contributed by atoms with Crippen LogP contribution < -0.4 is 11.2 Å². The van der Waals surface area contributed by atoms with Crippen molar-refractivity contribution in [1.82, 2.24) is 19.1 Å². The van der Waals surface area contributed by atoms with Crippen molar-refractivity contribution in [3.05, 3.63) is 32.7 Å². The molecule has 6 nitrogen and oxygen atoms in total. The molecule has 2 heterocycles. The van der Waals surface area contributed by atoms with E-state index in [0.29, 0.717) is 5.65 Å². The third-order valence-electron chi connectivity index (χ3n) is 2.71. The third-order valence-corrected chi connectivity index (χ3v) is 2.71. The number of hydrogen-bond acceptors (Lipinski definition) is 4. The van der Waals surface area contributed by atoms with E-state index in [2.05, 4.69) is 9.97 Å². The van der Waals surface area contributed by atoms with Crippen LogP contribution in [0, 0.1) is 0 Å². The first kappa shape index (κ1) is 11.5. The zero-order valence-corrected chi connectivity index (χ0v) is 10.1. The molecule has 0 saturated heterocycles. The molecule has 2 rings (SSSR count). The number of aromatic nitrogens is 4. The zero-order valence-electron chi connectivity index (χ0n) is 10.1. The average Bonchev–Trinajstić information content (AvgIpc) is 2.34. The summed E-state index contributed by atoms with van der Waals surface area (Å²) in [7, 11) is 3.02. The van der Waals surface area contributed by atoms with E-state index in [1.807, 2.05) is 6.92 Å². The quantitative estimate of drug-likeness (QED) is 0.732. The smallest absolute Gasteiger partial charge is 0.279 e. The van der Waals surface area contributed by atoms with Gasteiger partial charge in [0.15, 0.2) is 11.2 Å². The molecular formula is C11H14N4O2. The topological polar surface area (TPSA) is 69.8 Å². The molecule has 0 bridgehead atoms. The largest absolute Gasteiger partial charge is 0.332 e. The van der Waals surface area contributed by atoms with E-state index in [1.165, 1.54) is 11.6 Å². The lowest BCUT2D eigenvalue weighted by Gasteiger charge is -2.06. The van der Waals surface area contributed by atoms with Gasteiger partial charge in [-0.2, -0.15) is 0 Å². The van der Waals surface area contributed by atoms with E-state index >= 15 is 0 Å². The van der Waals surface area contributed by atoms with E-state index in [-0.39, 0.29) is 11.2 Å². The second-order valence-corrected chi connectivity index (χ2v) is 3.99. The van der Waals surface area contributed by atoms with Gasteiger partial charge in [0.2, 0.25) is 0 Å². The summed E-state index contributed by atoms with van der Waals surface area (Å²) in [6.45, 7) is 2.03. The van der Waals surface area contributed by atoms with Gasteiger partial charge in [-0.25, -0.2) is 14.8 Å². The Kier molecular flexibility index (Phi) is 2.79. The molecule has 0 aliphatic carbocycles. The summed E-state index contributed by atoms with van der Waals surface area (Å²) in [4.78, 5) is 32.0. The molecule has 0 spiro atoms. The molecular weight excluding hydrogens is 220 g/mol. The number of fused-ring (bicyclic) bond motifs is 1. The predicted molar refractivity (Wildman–Crippen MR) is 64.0 cm³/mol. The fourth-order valence-corrected chi connectivity index (χ4v) is 1.75. The molecule has 0 atom stereocenters. The van der Waals surface area contributed by atoms with Crippen LogP contribution in [0.5, 0.6) is 0 Å². The standard InChI is InChI=1S/C11H14N4O2/c1-4-5-7-6-12-9-8(13-7)10(16)15(3)11(17)14(9)2/h6H,4-5H2,1-3H3. The van der Waals surface area contributed by atoms with Crippen LogP contribution >= 0.6 is 0 Å². The Balaban J connectivity index is 2.87. The summed E-state index contributed by atoms with van der Waals surface area (Å²) in [5, 5.41) is 0. The van der Waals surface area contributed by atoms with Crippen molar-refractivity contribution in [1.29, 1.82) is 0 Å². The minimum Gasteiger partial charge on any atom is -0.279 e. The summed E-state index contributed by atoms with van der Waals surface area (Å²) in [5.41, 5.74) is 0.572. The summed E-state index contributed by atoms with van der Waals surface area (Å²) in [5.74, 6) is 0. The van der Waals surface area contributed by atoms with Crippen LogP contribution in [0.15, 0.2) is 15.8 Å².